The van der Waals surface area contributed by atoms with Gasteiger partial charge in [-0.05, 0) is 77.4 Å². The monoisotopic (exact) mass is 350 g/mol. The topological polar surface area (TPSA) is 20.7 Å². The average Bonchev–Trinajstić information content (AvgIpc) is 2.64. The third kappa shape index (κ3) is 2.11. The van der Waals surface area contributed by atoms with Crippen LogP contribution in [-0.4, -0.2) is 9.55 Å². The maximum atomic E-state index is 13.3. The molecule has 102 valence electrons. The predicted octanol–water partition coefficient (Wildman–Crippen LogP) is 5.21. The quantitative estimate of drug-likeness (QED) is 0.597. The van der Waals surface area contributed by atoms with Gasteiger partial charge in [0.15, 0.2) is 4.77 Å². The van der Waals surface area contributed by atoms with Gasteiger partial charge in [0.25, 0.3) is 0 Å². The zero-order chi connectivity index (χ0) is 14.4. The molecule has 0 unspecified atom stereocenters. The Hall–Kier alpha value is -1.46. The van der Waals surface area contributed by atoms with Crippen molar-refractivity contribution >= 4 is 39.2 Å². The van der Waals surface area contributed by atoms with Gasteiger partial charge in [-0.3, -0.25) is 4.57 Å². The van der Waals surface area contributed by atoms with Crippen LogP contribution in [0, 0.1) is 24.4 Å². The second-order valence-electron chi connectivity index (χ2n) is 4.84. The largest absolute Gasteiger partial charge is 0.330 e. The molecule has 20 heavy (non-hydrogen) atoms. The maximum absolute atomic E-state index is 13.3. The van der Waals surface area contributed by atoms with Crippen molar-refractivity contribution < 1.29 is 4.39 Å². The molecule has 1 N–H and O–H groups in total. The maximum Gasteiger partial charge on any atom is 0.182 e. The molecule has 0 aliphatic rings. The molecule has 0 aliphatic heterocycles. The lowest BCUT2D eigenvalue weighted by Crippen LogP contribution is -1.99. The number of aromatic amines is 1. The SMILES string of the molecule is Cc1cc(C)c(-n2c(=S)[nH]c3cc(F)ccc32)c(Br)c1. The number of nitrogens with zero attached hydrogens (tertiary/aromatic N) is 1. The average molecular weight is 351 g/mol. The van der Waals surface area contributed by atoms with Crippen LogP contribution in [-0.2, 0) is 0 Å². The number of hydrogen-bond acceptors (Lipinski definition) is 1. The first kappa shape index (κ1) is 13.5. The minimum atomic E-state index is -0.277. The first-order valence-electron chi connectivity index (χ1n) is 6.15. The number of benzene rings is 2. The van der Waals surface area contributed by atoms with E-state index in [2.05, 4.69) is 27.0 Å². The van der Waals surface area contributed by atoms with E-state index in [1.807, 2.05) is 24.5 Å². The standard InChI is InChI=1S/C15H12BrFN2S/c1-8-5-9(2)14(11(16)6-8)19-13-4-3-10(17)7-12(13)18-15(19)20/h3-7H,1-2H3,(H,18,20). The lowest BCUT2D eigenvalue weighted by atomic mass is 10.1. The lowest BCUT2D eigenvalue weighted by molar-refractivity contribution is 0.629. The summed E-state index contributed by atoms with van der Waals surface area (Å²) in [4.78, 5) is 3.05. The van der Waals surface area contributed by atoms with Crippen molar-refractivity contribution in [2.24, 2.45) is 0 Å². The number of aryl methyl sites for hydroxylation is 2. The highest BCUT2D eigenvalue weighted by Gasteiger charge is 2.13. The van der Waals surface area contributed by atoms with Crippen LogP contribution in [0.2, 0.25) is 0 Å². The van der Waals surface area contributed by atoms with Crippen LogP contribution >= 0.6 is 28.1 Å². The van der Waals surface area contributed by atoms with E-state index in [4.69, 9.17) is 12.2 Å². The van der Waals surface area contributed by atoms with Crippen LogP contribution in [0.1, 0.15) is 11.1 Å². The summed E-state index contributed by atoms with van der Waals surface area (Å²) in [6.45, 7) is 4.09. The number of rotatable bonds is 1. The van der Waals surface area contributed by atoms with Crippen molar-refractivity contribution in [2.75, 3.05) is 0 Å². The van der Waals surface area contributed by atoms with E-state index in [1.54, 1.807) is 6.07 Å². The van der Waals surface area contributed by atoms with Crippen molar-refractivity contribution in [3.63, 3.8) is 0 Å². The minimum Gasteiger partial charge on any atom is -0.330 e. The van der Waals surface area contributed by atoms with Gasteiger partial charge in [0.2, 0.25) is 0 Å². The van der Waals surface area contributed by atoms with Gasteiger partial charge in [0.1, 0.15) is 5.82 Å². The van der Waals surface area contributed by atoms with Crippen LogP contribution in [0.15, 0.2) is 34.8 Å². The number of imidazole rings is 1. The molecule has 0 bridgehead atoms. The molecule has 0 aliphatic carbocycles. The molecule has 2 aromatic carbocycles. The highest BCUT2D eigenvalue weighted by atomic mass is 79.9. The summed E-state index contributed by atoms with van der Waals surface area (Å²) in [6.07, 6.45) is 0. The van der Waals surface area contributed by atoms with E-state index in [-0.39, 0.29) is 5.82 Å². The van der Waals surface area contributed by atoms with E-state index in [1.165, 1.54) is 17.7 Å². The van der Waals surface area contributed by atoms with Crippen LogP contribution in [0.25, 0.3) is 16.7 Å². The van der Waals surface area contributed by atoms with Crippen LogP contribution in [0.5, 0.6) is 0 Å². The number of aromatic nitrogens is 2. The van der Waals surface area contributed by atoms with Gasteiger partial charge < -0.3 is 4.98 Å². The fourth-order valence-corrected chi connectivity index (χ4v) is 3.65. The van der Waals surface area contributed by atoms with Crippen LogP contribution in [0.4, 0.5) is 4.39 Å². The highest BCUT2D eigenvalue weighted by Crippen LogP contribution is 2.30. The Morgan fingerprint density at radius 1 is 1.20 bits per heavy atom. The molecule has 1 aromatic heterocycles. The zero-order valence-electron chi connectivity index (χ0n) is 11.0. The highest BCUT2D eigenvalue weighted by molar-refractivity contribution is 9.10. The van der Waals surface area contributed by atoms with E-state index < -0.39 is 0 Å². The normalized spacial score (nSPS) is 11.2. The summed E-state index contributed by atoms with van der Waals surface area (Å²) in [5.74, 6) is -0.277. The van der Waals surface area contributed by atoms with Gasteiger partial charge in [-0.2, -0.15) is 0 Å². The number of hydrogen-bond donors (Lipinski definition) is 1. The summed E-state index contributed by atoms with van der Waals surface area (Å²) in [7, 11) is 0. The van der Waals surface area contributed by atoms with Crippen molar-refractivity contribution in [3.8, 4) is 5.69 Å². The number of H-pyrrole nitrogens is 1. The molecule has 0 radical (unpaired) electrons. The van der Waals surface area contributed by atoms with E-state index >= 15 is 0 Å². The van der Waals surface area contributed by atoms with Crippen molar-refractivity contribution in [2.45, 2.75) is 13.8 Å². The molecule has 0 saturated carbocycles. The Labute approximate surface area is 129 Å². The van der Waals surface area contributed by atoms with E-state index in [9.17, 15) is 4.39 Å². The second-order valence-corrected chi connectivity index (χ2v) is 6.08. The summed E-state index contributed by atoms with van der Waals surface area (Å²) >= 11 is 8.99. The summed E-state index contributed by atoms with van der Waals surface area (Å²) < 4.78 is 16.8. The van der Waals surface area contributed by atoms with E-state index in [0.29, 0.717) is 10.3 Å². The molecular weight excluding hydrogens is 339 g/mol. The zero-order valence-corrected chi connectivity index (χ0v) is 13.4. The Bertz CT molecular complexity index is 856. The van der Waals surface area contributed by atoms with Crippen molar-refractivity contribution in [1.29, 1.82) is 0 Å². The minimum absolute atomic E-state index is 0.277. The van der Waals surface area contributed by atoms with Gasteiger partial charge in [-0.1, -0.05) is 6.07 Å². The molecule has 0 spiro atoms. The first-order valence-corrected chi connectivity index (χ1v) is 7.35. The van der Waals surface area contributed by atoms with Crippen LogP contribution in [0.3, 0.4) is 0 Å². The summed E-state index contributed by atoms with van der Waals surface area (Å²) in [5, 5.41) is 0. The molecule has 0 saturated heterocycles. The second kappa shape index (κ2) is 4.82. The molecular formula is C15H12BrFN2S. The number of nitrogens with one attached hydrogen (secondary N) is 1. The molecule has 0 atom stereocenters. The molecule has 1 heterocycles. The van der Waals surface area contributed by atoms with Crippen molar-refractivity contribution in [1.82, 2.24) is 9.55 Å². The summed E-state index contributed by atoms with van der Waals surface area (Å²) in [6, 6.07) is 8.79. The molecule has 3 aromatic rings. The van der Waals surface area contributed by atoms with Gasteiger partial charge in [-0.25, -0.2) is 4.39 Å². The lowest BCUT2D eigenvalue weighted by Gasteiger charge is -2.12. The van der Waals surface area contributed by atoms with Gasteiger partial charge in [0, 0.05) is 4.47 Å². The predicted molar refractivity (Wildman–Crippen MR) is 85.6 cm³/mol. The molecule has 0 fully saturated rings. The Morgan fingerprint density at radius 3 is 2.65 bits per heavy atom. The Kier molecular flexibility index (Phi) is 3.26. The van der Waals surface area contributed by atoms with Gasteiger partial charge in [0.05, 0.1) is 16.7 Å². The summed E-state index contributed by atoms with van der Waals surface area (Å²) in [5.41, 5.74) is 4.83. The third-order valence-corrected chi connectivity index (χ3v) is 4.16. The smallest absolute Gasteiger partial charge is 0.182 e. The molecule has 3 rings (SSSR count). The molecule has 5 heteroatoms. The van der Waals surface area contributed by atoms with Crippen LogP contribution < -0.4 is 0 Å². The Morgan fingerprint density at radius 2 is 1.95 bits per heavy atom. The number of fused-ring (bicyclic) bond motifs is 1. The fraction of sp³-hybridized carbons (Fsp3) is 0.133. The van der Waals surface area contributed by atoms with Gasteiger partial charge in [-0.15, -0.1) is 0 Å². The van der Waals surface area contributed by atoms with Crippen molar-refractivity contribution in [3.05, 3.63) is 56.5 Å². The van der Waals surface area contributed by atoms with Gasteiger partial charge >= 0.3 is 0 Å². The first-order chi connectivity index (χ1) is 9.47. The molecule has 2 nitrogen and oxygen atoms in total. The fourth-order valence-electron chi connectivity index (χ4n) is 2.50. The number of halogens is 2. The Balaban J connectivity index is 2.41. The third-order valence-electron chi connectivity index (χ3n) is 3.27. The van der Waals surface area contributed by atoms with E-state index in [0.717, 1.165) is 21.2 Å². The molecule has 0 amide bonds.